The Morgan fingerprint density at radius 3 is 2.75 bits per heavy atom. The second-order valence-electron chi connectivity index (χ2n) is 6.59. The normalized spacial score (nSPS) is 21.7. The summed E-state index contributed by atoms with van der Waals surface area (Å²) in [5.74, 6) is -0.152. The first-order chi connectivity index (χ1) is 11.1. The first-order valence-corrected chi connectivity index (χ1v) is 8.43. The third-order valence-corrected chi connectivity index (χ3v) is 5.82. The maximum Gasteiger partial charge on any atom is 0.433 e. The molecule has 3 heterocycles. The van der Waals surface area contributed by atoms with Gasteiger partial charge in [-0.15, -0.1) is 11.3 Å². The van der Waals surface area contributed by atoms with E-state index in [-0.39, 0.29) is 16.2 Å². The number of rotatable bonds is 2. The molecule has 1 aliphatic rings. The zero-order valence-corrected chi connectivity index (χ0v) is 14.2. The fraction of sp³-hybridized carbons (Fsp3) is 0.500. The number of aryl methyl sites for hydroxylation is 1. The van der Waals surface area contributed by atoms with E-state index in [1.54, 1.807) is 11.8 Å². The molecule has 8 heteroatoms. The number of thiophene rings is 1. The molecule has 3 rings (SSSR count). The molecule has 1 unspecified atom stereocenters. The van der Waals surface area contributed by atoms with E-state index in [9.17, 15) is 18.0 Å². The van der Waals surface area contributed by atoms with Gasteiger partial charge in [0.05, 0.1) is 4.88 Å². The first-order valence-electron chi connectivity index (χ1n) is 7.61. The topological polar surface area (TPSA) is 59.2 Å². The third kappa shape index (κ3) is 2.88. The monoisotopic (exact) mass is 357 g/mol. The Labute approximate surface area is 141 Å². The number of halogens is 3. The SMILES string of the molecule is Cc1c(C(=O)N2CCC(C)(CN)C2)sc2nc(C(F)(F)F)ccc12. The number of nitrogens with zero attached hydrogens (tertiary/aromatic N) is 2. The van der Waals surface area contributed by atoms with Crippen molar-refractivity contribution in [1.29, 1.82) is 0 Å². The fourth-order valence-electron chi connectivity index (χ4n) is 2.97. The van der Waals surface area contributed by atoms with E-state index in [2.05, 4.69) is 4.98 Å². The summed E-state index contributed by atoms with van der Waals surface area (Å²) in [5, 5.41) is 0.595. The predicted octanol–water partition coefficient (Wildman–Crippen LogP) is 3.43. The fourth-order valence-corrected chi connectivity index (χ4v) is 4.12. The summed E-state index contributed by atoms with van der Waals surface area (Å²) in [6.45, 7) is 5.46. The molecule has 0 spiro atoms. The molecule has 0 aliphatic carbocycles. The molecular weight excluding hydrogens is 339 g/mol. The maximum absolute atomic E-state index is 12.8. The van der Waals surface area contributed by atoms with Crippen LogP contribution in [-0.2, 0) is 6.18 Å². The maximum atomic E-state index is 12.8. The minimum Gasteiger partial charge on any atom is -0.337 e. The Morgan fingerprint density at radius 2 is 2.17 bits per heavy atom. The number of likely N-dealkylation sites (tertiary alicyclic amines) is 1. The summed E-state index contributed by atoms with van der Waals surface area (Å²) in [5.41, 5.74) is 5.42. The Kier molecular flexibility index (Phi) is 4.08. The van der Waals surface area contributed by atoms with E-state index in [1.807, 2.05) is 6.92 Å². The van der Waals surface area contributed by atoms with Crippen LogP contribution in [-0.4, -0.2) is 35.4 Å². The summed E-state index contributed by atoms with van der Waals surface area (Å²) in [6, 6.07) is 2.35. The lowest BCUT2D eigenvalue weighted by Gasteiger charge is -2.22. The van der Waals surface area contributed by atoms with Crippen LogP contribution < -0.4 is 5.73 Å². The summed E-state index contributed by atoms with van der Waals surface area (Å²) in [7, 11) is 0. The quantitative estimate of drug-likeness (QED) is 0.896. The van der Waals surface area contributed by atoms with Crippen molar-refractivity contribution in [2.45, 2.75) is 26.4 Å². The standard InChI is InChI=1S/C16H18F3N3OS/c1-9-10-3-4-11(16(17,18)19)21-13(10)24-12(9)14(23)22-6-5-15(2,7-20)8-22/h3-4H,5-8,20H2,1-2H3. The van der Waals surface area contributed by atoms with Crippen LogP contribution >= 0.6 is 11.3 Å². The summed E-state index contributed by atoms with van der Waals surface area (Å²) in [6.07, 6.45) is -3.66. The van der Waals surface area contributed by atoms with Crippen LogP contribution in [0.2, 0.25) is 0 Å². The van der Waals surface area contributed by atoms with E-state index in [0.29, 0.717) is 35.5 Å². The molecule has 2 N–H and O–H groups in total. The number of hydrogen-bond donors (Lipinski definition) is 1. The lowest BCUT2D eigenvalue weighted by molar-refractivity contribution is -0.140. The highest BCUT2D eigenvalue weighted by molar-refractivity contribution is 7.20. The molecule has 1 saturated heterocycles. The van der Waals surface area contributed by atoms with Gasteiger partial charge in [-0.3, -0.25) is 4.79 Å². The van der Waals surface area contributed by atoms with Gasteiger partial charge in [0.25, 0.3) is 5.91 Å². The molecule has 1 atom stereocenters. The Balaban J connectivity index is 1.95. The summed E-state index contributed by atoms with van der Waals surface area (Å²) in [4.78, 5) is 18.9. The smallest absolute Gasteiger partial charge is 0.337 e. The highest BCUT2D eigenvalue weighted by Gasteiger charge is 2.37. The highest BCUT2D eigenvalue weighted by Crippen LogP contribution is 2.36. The van der Waals surface area contributed by atoms with Gasteiger partial charge in [-0.1, -0.05) is 6.92 Å². The van der Waals surface area contributed by atoms with Crippen molar-refractivity contribution in [3.63, 3.8) is 0 Å². The second kappa shape index (κ2) is 5.70. The van der Waals surface area contributed by atoms with Crippen molar-refractivity contribution < 1.29 is 18.0 Å². The lowest BCUT2D eigenvalue weighted by atomic mass is 9.90. The third-order valence-electron chi connectivity index (χ3n) is 4.63. The van der Waals surface area contributed by atoms with Crippen molar-refractivity contribution in [2.75, 3.05) is 19.6 Å². The lowest BCUT2D eigenvalue weighted by Crippen LogP contribution is -2.34. The van der Waals surface area contributed by atoms with Crippen LogP contribution in [0.4, 0.5) is 13.2 Å². The average molecular weight is 357 g/mol. The van der Waals surface area contributed by atoms with Crippen molar-refractivity contribution in [2.24, 2.45) is 11.1 Å². The minimum absolute atomic E-state index is 0.0953. The zero-order valence-electron chi connectivity index (χ0n) is 13.4. The number of aromatic nitrogens is 1. The molecule has 0 aromatic carbocycles. The van der Waals surface area contributed by atoms with Crippen LogP contribution in [0, 0.1) is 12.3 Å². The molecule has 24 heavy (non-hydrogen) atoms. The van der Waals surface area contributed by atoms with Gasteiger partial charge in [0, 0.05) is 18.5 Å². The number of nitrogens with two attached hydrogens (primary N) is 1. The Morgan fingerprint density at radius 1 is 1.46 bits per heavy atom. The number of fused-ring (bicyclic) bond motifs is 1. The van der Waals surface area contributed by atoms with Crippen molar-refractivity contribution in [3.05, 3.63) is 28.3 Å². The van der Waals surface area contributed by atoms with E-state index >= 15 is 0 Å². The van der Waals surface area contributed by atoms with Gasteiger partial charge in [0.15, 0.2) is 0 Å². The molecule has 1 aliphatic heterocycles. The van der Waals surface area contributed by atoms with Gasteiger partial charge >= 0.3 is 6.18 Å². The molecular formula is C16H18F3N3OS. The predicted molar refractivity (Wildman–Crippen MR) is 87.0 cm³/mol. The number of carbonyl (C=O) groups excluding carboxylic acids is 1. The summed E-state index contributed by atoms with van der Waals surface area (Å²) >= 11 is 1.02. The number of pyridine rings is 1. The van der Waals surface area contributed by atoms with Gasteiger partial charge in [0.1, 0.15) is 10.5 Å². The number of amides is 1. The highest BCUT2D eigenvalue weighted by atomic mass is 32.1. The van der Waals surface area contributed by atoms with Crippen molar-refractivity contribution in [3.8, 4) is 0 Å². The molecule has 0 radical (unpaired) electrons. The molecule has 1 fully saturated rings. The number of carbonyl (C=O) groups is 1. The van der Waals surface area contributed by atoms with Crippen LogP contribution in [0.1, 0.15) is 34.3 Å². The molecule has 4 nitrogen and oxygen atoms in total. The van der Waals surface area contributed by atoms with Gasteiger partial charge < -0.3 is 10.6 Å². The minimum atomic E-state index is -4.49. The molecule has 2 aromatic rings. The molecule has 130 valence electrons. The van der Waals surface area contributed by atoms with Crippen LogP contribution in [0.5, 0.6) is 0 Å². The van der Waals surface area contributed by atoms with E-state index in [0.717, 1.165) is 23.8 Å². The molecule has 0 bridgehead atoms. The molecule has 0 saturated carbocycles. The molecule has 1 amide bonds. The first kappa shape index (κ1) is 17.2. The molecule has 2 aromatic heterocycles. The van der Waals surface area contributed by atoms with Crippen molar-refractivity contribution >= 4 is 27.5 Å². The van der Waals surface area contributed by atoms with Gasteiger partial charge in [-0.2, -0.15) is 13.2 Å². The van der Waals surface area contributed by atoms with Crippen molar-refractivity contribution in [1.82, 2.24) is 9.88 Å². The van der Waals surface area contributed by atoms with Crippen LogP contribution in [0.15, 0.2) is 12.1 Å². The summed E-state index contributed by atoms with van der Waals surface area (Å²) < 4.78 is 38.4. The van der Waals surface area contributed by atoms with Crippen LogP contribution in [0.3, 0.4) is 0 Å². The van der Waals surface area contributed by atoms with Gasteiger partial charge in [-0.05, 0) is 43.0 Å². The zero-order chi connectivity index (χ0) is 17.7. The largest absolute Gasteiger partial charge is 0.433 e. The van der Waals surface area contributed by atoms with Gasteiger partial charge in [0.2, 0.25) is 0 Å². The van der Waals surface area contributed by atoms with Crippen LogP contribution in [0.25, 0.3) is 10.2 Å². The second-order valence-corrected chi connectivity index (χ2v) is 7.59. The van der Waals surface area contributed by atoms with E-state index < -0.39 is 11.9 Å². The number of alkyl halides is 3. The van der Waals surface area contributed by atoms with E-state index in [1.165, 1.54) is 6.07 Å². The van der Waals surface area contributed by atoms with Gasteiger partial charge in [-0.25, -0.2) is 4.98 Å². The van der Waals surface area contributed by atoms with E-state index in [4.69, 9.17) is 5.73 Å². The Bertz CT molecular complexity index is 802. The average Bonchev–Trinajstić information content (AvgIpc) is 3.07. The Hall–Kier alpha value is -1.67. The number of hydrogen-bond acceptors (Lipinski definition) is 4.